The maximum Gasteiger partial charge on any atom is 0.306 e. The lowest BCUT2D eigenvalue weighted by atomic mass is 10.0. The van der Waals surface area contributed by atoms with Gasteiger partial charge in [-0.05, 0) is 83.5 Å². The van der Waals surface area contributed by atoms with Crippen molar-refractivity contribution in [3.8, 4) is 0 Å². The number of carbonyl (C=O) groups excluding carboxylic acids is 3. The van der Waals surface area contributed by atoms with Gasteiger partial charge in [-0.25, -0.2) is 0 Å². The Morgan fingerprint density at radius 3 is 0.836 bits per heavy atom. The molecule has 390 valence electrons. The van der Waals surface area contributed by atoms with Crippen molar-refractivity contribution in [2.45, 2.75) is 309 Å². The van der Waals surface area contributed by atoms with Crippen LogP contribution in [0.5, 0.6) is 0 Å². The van der Waals surface area contributed by atoms with E-state index in [2.05, 4.69) is 69.4 Å². The highest BCUT2D eigenvalue weighted by Gasteiger charge is 2.19. The molecule has 0 amide bonds. The van der Waals surface area contributed by atoms with Gasteiger partial charge in [-0.1, -0.05) is 249 Å². The summed E-state index contributed by atoms with van der Waals surface area (Å²) in [6, 6.07) is 0. The summed E-state index contributed by atoms with van der Waals surface area (Å²) in [6.45, 7) is 6.60. The molecule has 1 atom stereocenters. The maximum atomic E-state index is 12.8. The third-order valence-corrected chi connectivity index (χ3v) is 12.8. The van der Waals surface area contributed by atoms with Crippen LogP contribution in [0.2, 0.25) is 0 Å². The summed E-state index contributed by atoms with van der Waals surface area (Å²) in [5.41, 5.74) is 0. The Balaban J connectivity index is 4.17. The lowest BCUT2D eigenvalue weighted by molar-refractivity contribution is -0.167. The maximum absolute atomic E-state index is 12.8. The smallest absolute Gasteiger partial charge is 0.306 e. The Labute approximate surface area is 416 Å². The summed E-state index contributed by atoms with van der Waals surface area (Å²) in [6.07, 6.45) is 68.3. The molecule has 0 radical (unpaired) electrons. The number of ether oxygens (including phenoxy) is 3. The minimum atomic E-state index is -0.777. The van der Waals surface area contributed by atoms with Gasteiger partial charge in [-0.15, -0.1) is 0 Å². The molecule has 0 heterocycles. The third kappa shape index (κ3) is 54.2. The second-order valence-corrected chi connectivity index (χ2v) is 19.6. The van der Waals surface area contributed by atoms with Gasteiger partial charge in [-0.2, -0.15) is 0 Å². The first kappa shape index (κ1) is 64.4. The van der Waals surface area contributed by atoms with Crippen LogP contribution in [0.4, 0.5) is 0 Å². The average Bonchev–Trinajstić information content (AvgIpc) is 3.33. The molecule has 1 unspecified atom stereocenters. The SMILES string of the molecule is CCCCCC/C=C\C/C=C\CCCCCCCC(=O)OC(COC(=O)CCCCCCCCCC)COC(=O)CCCCCCCCCCCCCCC/C=C\C/C=C\CCCCCCC. The second kappa shape index (κ2) is 56.0. The van der Waals surface area contributed by atoms with E-state index < -0.39 is 6.10 Å². The van der Waals surface area contributed by atoms with Gasteiger partial charge in [0.05, 0.1) is 0 Å². The van der Waals surface area contributed by atoms with E-state index in [1.165, 1.54) is 173 Å². The minimum Gasteiger partial charge on any atom is -0.462 e. The van der Waals surface area contributed by atoms with Gasteiger partial charge in [0.1, 0.15) is 13.2 Å². The van der Waals surface area contributed by atoms with Crippen molar-refractivity contribution in [1.82, 2.24) is 0 Å². The van der Waals surface area contributed by atoms with Crippen molar-refractivity contribution < 1.29 is 28.6 Å². The lowest BCUT2D eigenvalue weighted by Gasteiger charge is -2.18. The molecule has 0 bridgehead atoms. The zero-order chi connectivity index (χ0) is 48.6. The van der Waals surface area contributed by atoms with E-state index in [4.69, 9.17) is 14.2 Å². The summed E-state index contributed by atoms with van der Waals surface area (Å²) in [5.74, 6) is -0.884. The van der Waals surface area contributed by atoms with Crippen LogP contribution in [0, 0.1) is 0 Å². The van der Waals surface area contributed by atoms with Gasteiger partial charge < -0.3 is 14.2 Å². The van der Waals surface area contributed by atoms with Crippen LogP contribution in [0.25, 0.3) is 0 Å². The normalized spacial score (nSPS) is 12.3. The van der Waals surface area contributed by atoms with E-state index in [9.17, 15) is 14.4 Å². The molecular weight excluding hydrogens is 829 g/mol. The molecule has 0 rings (SSSR count). The molecule has 0 spiro atoms. The fraction of sp³-hybridized carbons (Fsp3) is 0.820. The number of allylic oxidation sites excluding steroid dienone is 8. The van der Waals surface area contributed by atoms with Crippen molar-refractivity contribution in [3.05, 3.63) is 48.6 Å². The number of esters is 3. The fourth-order valence-corrected chi connectivity index (χ4v) is 8.39. The van der Waals surface area contributed by atoms with Crippen molar-refractivity contribution in [2.24, 2.45) is 0 Å². The van der Waals surface area contributed by atoms with Gasteiger partial charge in [0, 0.05) is 19.3 Å². The zero-order valence-corrected chi connectivity index (χ0v) is 44.7. The predicted molar refractivity (Wildman–Crippen MR) is 289 cm³/mol. The first-order chi connectivity index (χ1) is 33.0. The molecule has 0 N–H and O–H groups in total. The summed E-state index contributed by atoms with van der Waals surface area (Å²) in [5, 5.41) is 0. The molecule has 0 aromatic rings. The molecule has 0 fully saturated rings. The van der Waals surface area contributed by atoms with Crippen LogP contribution >= 0.6 is 0 Å². The summed E-state index contributed by atoms with van der Waals surface area (Å²) in [4.78, 5) is 38.0. The Morgan fingerprint density at radius 1 is 0.299 bits per heavy atom. The molecule has 0 aliphatic carbocycles. The van der Waals surface area contributed by atoms with Crippen LogP contribution < -0.4 is 0 Å². The highest BCUT2D eigenvalue weighted by molar-refractivity contribution is 5.71. The largest absolute Gasteiger partial charge is 0.462 e. The molecule has 0 aromatic heterocycles. The topological polar surface area (TPSA) is 78.9 Å². The van der Waals surface area contributed by atoms with Gasteiger partial charge in [0.25, 0.3) is 0 Å². The molecule has 6 heteroatoms. The Kier molecular flexibility index (Phi) is 53.8. The molecular formula is C61H110O6. The number of carbonyl (C=O) groups is 3. The zero-order valence-electron chi connectivity index (χ0n) is 44.7. The molecule has 0 aromatic carbocycles. The molecule has 0 aliphatic heterocycles. The second-order valence-electron chi connectivity index (χ2n) is 19.6. The van der Waals surface area contributed by atoms with Crippen LogP contribution in [0.3, 0.4) is 0 Å². The van der Waals surface area contributed by atoms with Crippen molar-refractivity contribution in [1.29, 1.82) is 0 Å². The van der Waals surface area contributed by atoms with Gasteiger partial charge in [0.2, 0.25) is 0 Å². The number of hydrogen-bond acceptors (Lipinski definition) is 6. The fourth-order valence-electron chi connectivity index (χ4n) is 8.39. The Morgan fingerprint density at radius 2 is 0.537 bits per heavy atom. The average molecular weight is 940 g/mol. The van der Waals surface area contributed by atoms with Crippen LogP contribution in [-0.4, -0.2) is 37.2 Å². The van der Waals surface area contributed by atoms with Crippen LogP contribution in [0.1, 0.15) is 303 Å². The van der Waals surface area contributed by atoms with E-state index in [-0.39, 0.29) is 31.1 Å². The van der Waals surface area contributed by atoms with E-state index >= 15 is 0 Å². The first-order valence-electron chi connectivity index (χ1n) is 29.1. The quantitative estimate of drug-likeness (QED) is 0.0262. The first-order valence-corrected chi connectivity index (χ1v) is 29.1. The molecule has 6 nitrogen and oxygen atoms in total. The predicted octanol–water partition coefficient (Wildman–Crippen LogP) is 19.4. The highest BCUT2D eigenvalue weighted by atomic mass is 16.6. The lowest BCUT2D eigenvalue weighted by Crippen LogP contribution is -2.30. The summed E-state index contributed by atoms with van der Waals surface area (Å²) in [7, 11) is 0. The van der Waals surface area contributed by atoms with Crippen molar-refractivity contribution in [2.75, 3.05) is 13.2 Å². The molecule has 0 aliphatic rings. The summed E-state index contributed by atoms with van der Waals surface area (Å²) < 4.78 is 16.8. The monoisotopic (exact) mass is 939 g/mol. The van der Waals surface area contributed by atoms with E-state index in [0.717, 1.165) is 89.9 Å². The van der Waals surface area contributed by atoms with Gasteiger partial charge in [0.15, 0.2) is 6.10 Å². The Hall–Kier alpha value is -2.63. The van der Waals surface area contributed by atoms with Crippen molar-refractivity contribution >= 4 is 17.9 Å². The third-order valence-electron chi connectivity index (χ3n) is 12.8. The number of rotatable bonds is 53. The molecule has 0 saturated heterocycles. The van der Waals surface area contributed by atoms with E-state index in [1.54, 1.807) is 0 Å². The van der Waals surface area contributed by atoms with Crippen molar-refractivity contribution in [3.63, 3.8) is 0 Å². The van der Waals surface area contributed by atoms with E-state index in [1.807, 2.05) is 0 Å². The van der Waals surface area contributed by atoms with E-state index in [0.29, 0.717) is 19.3 Å². The van der Waals surface area contributed by atoms with Gasteiger partial charge >= 0.3 is 17.9 Å². The molecule has 67 heavy (non-hydrogen) atoms. The molecule has 0 saturated carbocycles. The Bertz CT molecular complexity index is 1170. The minimum absolute atomic E-state index is 0.0766. The van der Waals surface area contributed by atoms with Crippen LogP contribution in [0.15, 0.2) is 48.6 Å². The number of unbranched alkanes of at least 4 members (excludes halogenated alkanes) is 34. The number of hydrogen-bond donors (Lipinski definition) is 0. The highest BCUT2D eigenvalue weighted by Crippen LogP contribution is 2.16. The standard InChI is InChI=1S/C61H110O6/c1-4-7-10-13-16-19-21-23-25-27-28-29-30-31-32-33-34-35-37-38-40-42-45-48-51-54-60(63)66-57-58(56-65-59(62)53-50-47-44-18-15-12-9-6-3)67-61(64)55-52-49-46-43-41-39-36-26-24-22-20-17-14-11-8-5-2/h20-23,26-28,36,58H,4-19,24-25,29-35,37-57H2,1-3H3/b22-20-,23-21-,28-27-,36-26-. The van der Waals surface area contributed by atoms with Crippen LogP contribution in [-0.2, 0) is 28.6 Å². The summed E-state index contributed by atoms with van der Waals surface area (Å²) >= 11 is 0. The van der Waals surface area contributed by atoms with Gasteiger partial charge in [-0.3, -0.25) is 14.4 Å².